The van der Waals surface area contributed by atoms with Crippen molar-refractivity contribution in [1.29, 1.82) is 0 Å². The number of aliphatic carboxylic acids is 1. The van der Waals surface area contributed by atoms with Crippen LogP contribution in [0.1, 0.15) is 12.8 Å². The first-order valence-electron chi connectivity index (χ1n) is 4.38. The molecule has 0 spiro atoms. The number of piperidine rings is 1. The van der Waals surface area contributed by atoms with Crippen molar-refractivity contribution in [3.05, 3.63) is 0 Å². The highest BCUT2D eigenvalue weighted by atomic mass is 31.2. The van der Waals surface area contributed by atoms with Crippen molar-refractivity contribution in [2.75, 3.05) is 19.4 Å². The molecule has 7 heteroatoms. The van der Waals surface area contributed by atoms with Gasteiger partial charge in [-0.2, -0.15) is 0 Å². The number of carboxylic acids is 1. The van der Waals surface area contributed by atoms with Crippen LogP contribution in [-0.4, -0.2) is 45.1 Å². The molecule has 1 aliphatic rings. The van der Waals surface area contributed by atoms with E-state index in [4.69, 9.17) is 14.9 Å². The van der Waals surface area contributed by atoms with E-state index in [1.54, 1.807) is 0 Å². The minimum absolute atomic E-state index is 0.237. The molecule has 1 fully saturated rings. The van der Waals surface area contributed by atoms with Gasteiger partial charge in [-0.3, -0.25) is 14.3 Å². The molecule has 1 saturated heterocycles. The van der Waals surface area contributed by atoms with Gasteiger partial charge in [0.25, 0.3) is 0 Å². The Hall–Kier alpha value is -0.420. The number of carboxylic acid groups (broad SMARTS) is 1. The van der Waals surface area contributed by atoms with Crippen LogP contribution < -0.4 is 0 Å². The lowest BCUT2D eigenvalue weighted by atomic mass is 9.99. The molecule has 0 saturated carbocycles. The summed E-state index contributed by atoms with van der Waals surface area (Å²) < 4.78 is 10.7. The van der Waals surface area contributed by atoms with Gasteiger partial charge in [0.1, 0.15) is 6.29 Å². The Morgan fingerprint density at radius 3 is 2.64 bits per heavy atom. The topological polar surface area (TPSA) is 98.1 Å². The number of likely N-dealkylation sites (tertiary alicyclic amines) is 1. The molecule has 82 valence electrons. The second-order valence-electron chi connectivity index (χ2n) is 3.56. The van der Waals surface area contributed by atoms with Crippen LogP contribution in [0.5, 0.6) is 0 Å². The maximum absolute atomic E-state index is 10.7. The van der Waals surface area contributed by atoms with Crippen LogP contribution in [0.2, 0.25) is 0 Å². The molecule has 0 bridgehead atoms. The van der Waals surface area contributed by atoms with E-state index < -0.39 is 19.5 Å². The van der Waals surface area contributed by atoms with E-state index in [1.165, 1.54) is 4.90 Å². The van der Waals surface area contributed by atoms with E-state index in [2.05, 4.69) is 0 Å². The Kier molecular flexibility index (Phi) is 3.66. The maximum Gasteiger partial charge on any atom is 0.339 e. The van der Waals surface area contributed by atoms with Gasteiger partial charge >= 0.3 is 13.6 Å². The SMILES string of the molecule is O=C(O)C1CCCN(CP(=O)(O)O)C1. The van der Waals surface area contributed by atoms with Crippen molar-refractivity contribution in [3.63, 3.8) is 0 Å². The summed E-state index contributed by atoms with van der Waals surface area (Å²) in [5.41, 5.74) is 0. The molecule has 1 unspecified atom stereocenters. The molecule has 0 radical (unpaired) electrons. The molecule has 6 nitrogen and oxygen atoms in total. The van der Waals surface area contributed by atoms with Crippen molar-refractivity contribution in [2.45, 2.75) is 12.8 Å². The monoisotopic (exact) mass is 223 g/mol. The summed E-state index contributed by atoms with van der Waals surface area (Å²) in [6.45, 7) is 0.801. The zero-order valence-corrected chi connectivity index (χ0v) is 8.56. The largest absolute Gasteiger partial charge is 0.481 e. The summed E-state index contributed by atoms with van der Waals surface area (Å²) in [6.07, 6.45) is 0.931. The van der Waals surface area contributed by atoms with Crippen LogP contribution in [0.25, 0.3) is 0 Å². The van der Waals surface area contributed by atoms with Crippen LogP contribution in [0.4, 0.5) is 0 Å². The number of carbonyl (C=O) groups is 1. The van der Waals surface area contributed by atoms with Crippen molar-refractivity contribution in [2.24, 2.45) is 5.92 Å². The summed E-state index contributed by atoms with van der Waals surface area (Å²) >= 11 is 0. The zero-order chi connectivity index (χ0) is 10.8. The first-order chi connectivity index (χ1) is 6.38. The summed E-state index contributed by atoms with van der Waals surface area (Å²) in [5.74, 6) is -1.38. The van der Waals surface area contributed by atoms with E-state index in [1.807, 2.05) is 0 Å². The van der Waals surface area contributed by atoms with Gasteiger partial charge in [-0.25, -0.2) is 0 Å². The van der Waals surface area contributed by atoms with E-state index in [0.717, 1.165) is 0 Å². The highest BCUT2D eigenvalue weighted by Gasteiger charge is 2.28. The molecule has 0 amide bonds. The van der Waals surface area contributed by atoms with Crippen LogP contribution in [0.15, 0.2) is 0 Å². The van der Waals surface area contributed by atoms with Gasteiger partial charge in [0.2, 0.25) is 0 Å². The van der Waals surface area contributed by atoms with Crippen molar-refractivity contribution < 1.29 is 24.3 Å². The Morgan fingerprint density at radius 2 is 2.14 bits per heavy atom. The molecule has 1 heterocycles. The van der Waals surface area contributed by atoms with Gasteiger partial charge in [0, 0.05) is 6.54 Å². The smallest absolute Gasteiger partial charge is 0.339 e. The molecule has 1 atom stereocenters. The maximum atomic E-state index is 10.7. The summed E-state index contributed by atoms with van der Waals surface area (Å²) in [6, 6.07) is 0. The van der Waals surface area contributed by atoms with Gasteiger partial charge < -0.3 is 14.9 Å². The van der Waals surface area contributed by atoms with Gasteiger partial charge in [-0.1, -0.05) is 0 Å². The Bertz CT molecular complexity index is 263. The minimum atomic E-state index is -4.06. The Balaban J connectivity index is 2.48. The average Bonchev–Trinajstić information content (AvgIpc) is 2.01. The van der Waals surface area contributed by atoms with Crippen LogP contribution in [0, 0.1) is 5.92 Å². The van der Waals surface area contributed by atoms with Gasteiger partial charge in [-0.05, 0) is 19.4 Å². The quantitative estimate of drug-likeness (QED) is 0.579. The predicted molar refractivity (Wildman–Crippen MR) is 48.8 cm³/mol. The number of nitrogens with zero attached hydrogens (tertiary/aromatic N) is 1. The second-order valence-corrected chi connectivity index (χ2v) is 5.17. The minimum Gasteiger partial charge on any atom is -0.481 e. The molecule has 1 aliphatic heterocycles. The first kappa shape index (κ1) is 11.7. The molecule has 0 aromatic heterocycles. The van der Waals surface area contributed by atoms with Crippen LogP contribution in [0.3, 0.4) is 0 Å². The van der Waals surface area contributed by atoms with E-state index in [0.29, 0.717) is 19.4 Å². The van der Waals surface area contributed by atoms with Gasteiger partial charge in [-0.15, -0.1) is 0 Å². The zero-order valence-electron chi connectivity index (χ0n) is 7.67. The molecule has 3 N–H and O–H groups in total. The lowest BCUT2D eigenvalue weighted by molar-refractivity contribution is -0.143. The van der Waals surface area contributed by atoms with Crippen molar-refractivity contribution >= 4 is 13.6 Å². The Morgan fingerprint density at radius 1 is 1.50 bits per heavy atom. The molecule has 0 aliphatic carbocycles. The molecule has 0 aromatic carbocycles. The fourth-order valence-corrected chi connectivity index (χ4v) is 2.42. The van der Waals surface area contributed by atoms with Crippen molar-refractivity contribution in [3.8, 4) is 0 Å². The predicted octanol–water partition coefficient (Wildman–Crippen LogP) is -0.0818. The third-order valence-electron chi connectivity index (χ3n) is 2.24. The molecule has 1 rings (SSSR count). The van der Waals surface area contributed by atoms with E-state index in [-0.39, 0.29) is 12.8 Å². The Labute approximate surface area is 81.7 Å². The third kappa shape index (κ3) is 3.75. The lowest BCUT2D eigenvalue weighted by Crippen LogP contribution is -2.39. The van der Waals surface area contributed by atoms with Gasteiger partial charge in [0.05, 0.1) is 5.92 Å². The fraction of sp³-hybridized carbons (Fsp3) is 0.857. The normalized spacial score (nSPS) is 24.9. The van der Waals surface area contributed by atoms with Crippen LogP contribution in [-0.2, 0) is 9.36 Å². The highest BCUT2D eigenvalue weighted by molar-refractivity contribution is 7.51. The molecule has 14 heavy (non-hydrogen) atoms. The average molecular weight is 223 g/mol. The second kappa shape index (κ2) is 4.40. The number of hydrogen-bond acceptors (Lipinski definition) is 3. The summed E-state index contributed by atoms with van der Waals surface area (Å²) in [4.78, 5) is 29.6. The highest BCUT2D eigenvalue weighted by Crippen LogP contribution is 2.36. The van der Waals surface area contributed by atoms with Crippen LogP contribution >= 0.6 is 7.60 Å². The van der Waals surface area contributed by atoms with E-state index in [9.17, 15) is 9.36 Å². The molecular formula is C7H14NO5P. The summed E-state index contributed by atoms with van der Waals surface area (Å²) in [5, 5.41) is 8.73. The molecule has 0 aromatic rings. The third-order valence-corrected chi connectivity index (χ3v) is 3.01. The standard InChI is InChI=1S/C7H14NO5P/c9-7(10)6-2-1-3-8(4-6)5-14(11,12)13/h6H,1-5H2,(H,9,10)(H2,11,12,13). The van der Waals surface area contributed by atoms with Crippen molar-refractivity contribution in [1.82, 2.24) is 4.90 Å². The first-order valence-corrected chi connectivity index (χ1v) is 6.18. The fourth-order valence-electron chi connectivity index (χ4n) is 1.65. The van der Waals surface area contributed by atoms with E-state index >= 15 is 0 Å². The summed E-state index contributed by atoms with van der Waals surface area (Å²) in [7, 11) is -4.06. The molecular weight excluding hydrogens is 209 g/mol. The van der Waals surface area contributed by atoms with Gasteiger partial charge in [0.15, 0.2) is 0 Å². The number of rotatable bonds is 3. The lowest BCUT2D eigenvalue weighted by Gasteiger charge is -2.30. The number of hydrogen-bond donors (Lipinski definition) is 3.